The van der Waals surface area contributed by atoms with Crippen molar-refractivity contribution in [2.75, 3.05) is 38.1 Å². The normalized spacial score (nSPS) is 15.5. The molecule has 148 valence electrons. The molecule has 7 nitrogen and oxygen atoms in total. The fraction of sp³-hybridized carbons (Fsp3) is 0.467. The van der Waals surface area contributed by atoms with Gasteiger partial charge in [0, 0.05) is 51.0 Å². The number of halogens is 4. The van der Waals surface area contributed by atoms with Crippen LogP contribution >= 0.6 is 35.3 Å². The number of anilines is 1. The number of hydrogen-bond acceptors (Lipinski definition) is 6. The van der Waals surface area contributed by atoms with Crippen LogP contribution in [0.4, 0.5) is 19.1 Å². The molecule has 0 aromatic carbocycles. The quantitative estimate of drug-likeness (QED) is 0.387. The van der Waals surface area contributed by atoms with E-state index in [4.69, 9.17) is 0 Å². The van der Waals surface area contributed by atoms with Crippen LogP contribution in [-0.4, -0.2) is 59.0 Å². The van der Waals surface area contributed by atoms with Crippen molar-refractivity contribution in [3.63, 3.8) is 0 Å². The monoisotopic (exact) mass is 513 g/mol. The molecule has 1 aliphatic rings. The lowest BCUT2D eigenvalue weighted by atomic mass is 10.3. The molecule has 12 heteroatoms. The number of piperazine rings is 1. The molecule has 1 N–H and O–H groups in total. The van der Waals surface area contributed by atoms with Crippen LogP contribution in [0.1, 0.15) is 10.7 Å². The average Bonchev–Trinajstić information content (AvgIpc) is 3.13. The van der Waals surface area contributed by atoms with Gasteiger partial charge < -0.3 is 15.1 Å². The van der Waals surface area contributed by atoms with Gasteiger partial charge in [0.1, 0.15) is 5.01 Å². The molecule has 0 atom stereocenters. The third-order valence-electron chi connectivity index (χ3n) is 3.87. The van der Waals surface area contributed by atoms with Crippen LogP contribution in [0.15, 0.2) is 28.8 Å². The zero-order chi connectivity index (χ0) is 18.6. The lowest BCUT2D eigenvalue weighted by Gasteiger charge is -2.36. The Morgan fingerprint density at radius 2 is 1.89 bits per heavy atom. The summed E-state index contributed by atoms with van der Waals surface area (Å²) in [6, 6.07) is 1.77. The number of nitrogens with zero attached hydrogens (tertiary/aromatic N) is 6. The summed E-state index contributed by atoms with van der Waals surface area (Å²) in [5, 5.41) is 4.48. The lowest BCUT2D eigenvalue weighted by molar-refractivity contribution is -0.140. The summed E-state index contributed by atoms with van der Waals surface area (Å²) in [7, 11) is 1.65. The fourth-order valence-electron chi connectivity index (χ4n) is 2.58. The van der Waals surface area contributed by atoms with Crippen LogP contribution in [0.25, 0.3) is 0 Å². The molecular weight excluding hydrogens is 494 g/mol. The number of rotatable bonds is 3. The summed E-state index contributed by atoms with van der Waals surface area (Å²) in [6.07, 6.45) is -0.997. The first kappa shape index (κ1) is 21.6. The van der Waals surface area contributed by atoms with Crippen LogP contribution < -0.4 is 10.2 Å². The molecule has 2 aromatic rings. The summed E-state index contributed by atoms with van der Waals surface area (Å²) in [6.45, 7) is 3.10. The molecule has 0 spiro atoms. The molecule has 27 heavy (non-hydrogen) atoms. The van der Waals surface area contributed by atoms with Crippen LogP contribution in [-0.2, 0) is 12.7 Å². The van der Waals surface area contributed by atoms with Crippen LogP contribution in [0.2, 0.25) is 0 Å². The van der Waals surface area contributed by atoms with Gasteiger partial charge in [-0.2, -0.15) is 13.2 Å². The highest BCUT2D eigenvalue weighted by Gasteiger charge is 2.33. The molecule has 0 bridgehead atoms. The van der Waals surface area contributed by atoms with Crippen LogP contribution in [0.3, 0.4) is 0 Å². The van der Waals surface area contributed by atoms with Crippen molar-refractivity contribution in [2.24, 2.45) is 4.99 Å². The Kier molecular flexibility index (Phi) is 7.59. The molecule has 3 rings (SSSR count). The molecule has 0 aliphatic carbocycles. The number of thiazole rings is 1. The number of guanidine groups is 1. The topological polar surface area (TPSA) is 69.5 Å². The largest absolute Gasteiger partial charge is 0.434 e. The zero-order valence-corrected chi connectivity index (χ0v) is 17.6. The van der Waals surface area contributed by atoms with E-state index in [9.17, 15) is 13.2 Å². The van der Waals surface area contributed by atoms with Gasteiger partial charge in [0.05, 0.1) is 6.54 Å². The van der Waals surface area contributed by atoms with E-state index in [0.29, 0.717) is 30.0 Å². The van der Waals surface area contributed by atoms with Crippen molar-refractivity contribution in [2.45, 2.75) is 12.7 Å². The predicted octanol–water partition coefficient (Wildman–Crippen LogP) is 2.47. The second kappa shape index (κ2) is 9.48. The zero-order valence-electron chi connectivity index (χ0n) is 14.5. The molecule has 0 unspecified atom stereocenters. The van der Waals surface area contributed by atoms with Crippen molar-refractivity contribution in [1.82, 2.24) is 25.2 Å². The van der Waals surface area contributed by atoms with Crippen molar-refractivity contribution in [1.29, 1.82) is 0 Å². The number of aromatic nitrogens is 3. The minimum Gasteiger partial charge on any atom is -0.350 e. The van der Waals surface area contributed by atoms with Crippen molar-refractivity contribution in [3.8, 4) is 0 Å². The maximum absolute atomic E-state index is 12.6. The Bertz CT molecular complexity index is 745. The molecule has 0 radical (unpaired) electrons. The molecule has 0 amide bonds. The van der Waals surface area contributed by atoms with E-state index in [-0.39, 0.29) is 30.5 Å². The third-order valence-corrected chi connectivity index (χ3v) is 4.71. The van der Waals surface area contributed by atoms with Crippen molar-refractivity contribution < 1.29 is 13.2 Å². The summed E-state index contributed by atoms with van der Waals surface area (Å²) in [5.74, 6) is 1.33. The number of hydrogen-bond donors (Lipinski definition) is 1. The second-order valence-electron chi connectivity index (χ2n) is 5.55. The van der Waals surface area contributed by atoms with E-state index < -0.39 is 11.9 Å². The molecule has 3 heterocycles. The standard InChI is InChI=1S/C15H18F3N7S.HI/c1-19-13(22-9-12-23-11(10-26-12)15(16,17)18)24-5-7-25(8-6-24)14-20-3-2-4-21-14;/h2-4,10H,5-9H2,1H3,(H,19,22);1H. The number of alkyl halides is 3. The molecule has 1 aliphatic heterocycles. The van der Waals surface area contributed by atoms with Gasteiger partial charge in [-0.25, -0.2) is 15.0 Å². The first-order valence-corrected chi connectivity index (χ1v) is 8.84. The Morgan fingerprint density at radius 1 is 1.22 bits per heavy atom. The van der Waals surface area contributed by atoms with Gasteiger partial charge in [0.25, 0.3) is 0 Å². The van der Waals surface area contributed by atoms with Crippen LogP contribution in [0.5, 0.6) is 0 Å². The van der Waals surface area contributed by atoms with Crippen molar-refractivity contribution in [3.05, 3.63) is 34.5 Å². The highest BCUT2D eigenvalue weighted by Crippen LogP contribution is 2.29. The Morgan fingerprint density at radius 3 is 2.44 bits per heavy atom. The molecule has 1 fully saturated rings. The molecular formula is C15H19F3IN7S. The van der Waals surface area contributed by atoms with Gasteiger partial charge in [-0.15, -0.1) is 35.3 Å². The molecule has 2 aromatic heterocycles. The van der Waals surface area contributed by atoms with Gasteiger partial charge in [0.15, 0.2) is 11.7 Å². The first-order valence-electron chi connectivity index (χ1n) is 7.96. The van der Waals surface area contributed by atoms with Gasteiger partial charge in [0.2, 0.25) is 5.95 Å². The van der Waals surface area contributed by atoms with Crippen molar-refractivity contribution >= 4 is 47.2 Å². The summed E-state index contributed by atoms with van der Waals surface area (Å²) in [4.78, 5) is 20.5. The number of nitrogens with one attached hydrogen (secondary N) is 1. The Balaban J connectivity index is 0.00000261. The van der Waals surface area contributed by atoms with E-state index in [2.05, 4.69) is 35.1 Å². The second-order valence-corrected chi connectivity index (χ2v) is 6.49. The van der Waals surface area contributed by atoms with E-state index >= 15 is 0 Å². The third kappa shape index (κ3) is 5.64. The fourth-order valence-corrected chi connectivity index (χ4v) is 3.32. The van der Waals surface area contributed by atoms with E-state index in [1.165, 1.54) is 0 Å². The minimum atomic E-state index is -4.41. The first-order chi connectivity index (χ1) is 12.5. The minimum absolute atomic E-state index is 0. The maximum atomic E-state index is 12.6. The highest BCUT2D eigenvalue weighted by atomic mass is 127. The lowest BCUT2D eigenvalue weighted by Crippen LogP contribution is -2.52. The summed E-state index contributed by atoms with van der Waals surface area (Å²) < 4.78 is 37.8. The molecule has 1 saturated heterocycles. The highest BCUT2D eigenvalue weighted by molar-refractivity contribution is 14.0. The predicted molar refractivity (Wildman–Crippen MR) is 109 cm³/mol. The van der Waals surface area contributed by atoms with Gasteiger partial charge >= 0.3 is 6.18 Å². The van der Waals surface area contributed by atoms with Gasteiger partial charge in [-0.1, -0.05) is 0 Å². The van der Waals surface area contributed by atoms with Gasteiger partial charge in [-0.05, 0) is 6.07 Å². The van der Waals surface area contributed by atoms with E-state index in [1.807, 2.05) is 0 Å². The Labute approximate surface area is 175 Å². The number of aliphatic imine (C=N–C) groups is 1. The Hall–Kier alpha value is -1.70. The maximum Gasteiger partial charge on any atom is 0.434 e. The summed E-state index contributed by atoms with van der Waals surface area (Å²) >= 11 is 0.981. The molecule has 0 saturated carbocycles. The van der Waals surface area contributed by atoms with Crippen LogP contribution in [0, 0.1) is 0 Å². The van der Waals surface area contributed by atoms with Gasteiger partial charge in [-0.3, -0.25) is 4.99 Å². The average molecular weight is 513 g/mol. The smallest absolute Gasteiger partial charge is 0.350 e. The van der Waals surface area contributed by atoms with E-state index in [0.717, 1.165) is 29.8 Å². The van der Waals surface area contributed by atoms with E-state index in [1.54, 1.807) is 25.5 Å². The summed E-state index contributed by atoms with van der Waals surface area (Å²) in [5.41, 5.74) is -0.856. The SMILES string of the molecule is CN=C(NCc1nc(C(F)(F)F)cs1)N1CCN(c2ncccn2)CC1.I.